The quantitative estimate of drug-likeness (QED) is 0.384. The molecule has 0 saturated heterocycles. The van der Waals surface area contributed by atoms with E-state index in [1.165, 1.54) is 0 Å². The first-order valence-electron chi connectivity index (χ1n) is 5.19. The first kappa shape index (κ1) is 15.6. The van der Waals surface area contributed by atoms with E-state index in [0.717, 1.165) is 12.3 Å². The van der Waals surface area contributed by atoms with Gasteiger partial charge in [-0.25, -0.2) is 8.42 Å². The number of rotatable bonds is 7. The van der Waals surface area contributed by atoms with Crippen molar-refractivity contribution in [1.82, 2.24) is 10.6 Å². The average Bonchev–Trinajstić information content (AvgIpc) is 2.27. The summed E-state index contributed by atoms with van der Waals surface area (Å²) in [5.74, 6) is 1.98. The summed E-state index contributed by atoms with van der Waals surface area (Å²) in [6.45, 7) is 2.87. The molecule has 0 aromatic rings. The largest absolute Gasteiger partial charge is 0.356 e. The molecule has 0 spiro atoms. The molecule has 0 aromatic heterocycles. The summed E-state index contributed by atoms with van der Waals surface area (Å²) < 4.78 is 22.5. The van der Waals surface area contributed by atoms with Crippen molar-refractivity contribution < 1.29 is 8.42 Å². The summed E-state index contributed by atoms with van der Waals surface area (Å²) in [4.78, 5) is 4.00. The number of hydrogen-bond donors (Lipinski definition) is 2. The molecule has 0 amide bonds. The molecule has 16 heavy (non-hydrogen) atoms. The van der Waals surface area contributed by atoms with Crippen molar-refractivity contribution in [2.45, 2.75) is 6.92 Å². The molecule has 0 fully saturated rings. The zero-order valence-corrected chi connectivity index (χ0v) is 11.7. The van der Waals surface area contributed by atoms with E-state index in [-0.39, 0.29) is 11.5 Å². The third-order valence-corrected chi connectivity index (χ3v) is 4.29. The Morgan fingerprint density at radius 2 is 1.94 bits per heavy atom. The van der Waals surface area contributed by atoms with Crippen LogP contribution in [0.1, 0.15) is 6.92 Å². The third kappa shape index (κ3) is 7.81. The van der Waals surface area contributed by atoms with Crippen molar-refractivity contribution in [1.29, 1.82) is 0 Å². The van der Waals surface area contributed by atoms with Gasteiger partial charge in [0.1, 0.15) is 0 Å². The Hall–Kier alpha value is -0.430. The van der Waals surface area contributed by atoms with Gasteiger partial charge in [0.25, 0.3) is 0 Å². The van der Waals surface area contributed by atoms with Gasteiger partial charge in [-0.3, -0.25) is 4.99 Å². The maximum Gasteiger partial charge on any atom is 0.191 e. The average molecular weight is 267 g/mol. The van der Waals surface area contributed by atoms with Gasteiger partial charge in [0.2, 0.25) is 0 Å². The molecule has 0 aliphatic heterocycles. The van der Waals surface area contributed by atoms with E-state index in [1.807, 2.05) is 6.26 Å². The second kappa shape index (κ2) is 8.69. The summed E-state index contributed by atoms with van der Waals surface area (Å²) in [6, 6.07) is 0. The van der Waals surface area contributed by atoms with Crippen LogP contribution in [0.2, 0.25) is 0 Å². The minimum Gasteiger partial charge on any atom is -0.356 e. The van der Waals surface area contributed by atoms with Crippen molar-refractivity contribution in [2.24, 2.45) is 4.99 Å². The predicted molar refractivity (Wildman–Crippen MR) is 72.1 cm³/mol. The second-order valence-electron chi connectivity index (χ2n) is 3.15. The van der Waals surface area contributed by atoms with Crippen LogP contribution in [0.15, 0.2) is 4.99 Å². The van der Waals surface area contributed by atoms with Gasteiger partial charge >= 0.3 is 0 Å². The molecule has 0 aromatic carbocycles. The molecular formula is C9H21N3O2S2. The lowest BCUT2D eigenvalue weighted by atomic mass is 10.6. The fourth-order valence-electron chi connectivity index (χ4n) is 0.961. The fourth-order valence-corrected chi connectivity index (χ4v) is 1.97. The van der Waals surface area contributed by atoms with E-state index in [1.54, 1.807) is 25.7 Å². The standard InChI is InChI=1S/C9H21N3O2S2/c1-4-16(13,14)8-6-12-9(10-2)11-5-7-15-3/h4-8H2,1-3H3,(H2,10,11,12). The van der Waals surface area contributed by atoms with Crippen molar-refractivity contribution in [3.8, 4) is 0 Å². The number of nitrogens with one attached hydrogen (secondary N) is 2. The Morgan fingerprint density at radius 3 is 2.44 bits per heavy atom. The maximum absolute atomic E-state index is 11.2. The molecular weight excluding hydrogens is 246 g/mol. The highest BCUT2D eigenvalue weighted by Gasteiger charge is 2.06. The monoisotopic (exact) mass is 267 g/mol. The Labute approximate surface area is 102 Å². The number of hydrogen-bond acceptors (Lipinski definition) is 4. The highest BCUT2D eigenvalue weighted by atomic mass is 32.2. The SMILES string of the molecule is CCS(=O)(=O)CCNC(=NC)NCCSC. The Kier molecular flexibility index (Phi) is 8.46. The molecule has 0 heterocycles. The van der Waals surface area contributed by atoms with Crippen LogP contribution in [0.25, 0.3) is 0 Å². The highest BCUT2D eigenvalue weighted by Crippen LogP contribution is 1.88. The van der Waals surface area contributed by atoms with Gasteiger partial charge < -0.3 is 10.6 Å². The minimum absolute atomic E-state index is 0.146. The Morgan fingerprint density at radius 1 is 1.31 bits per heavy atom. The molecule has 0 aliphatic carbocycles. The van der Waals surface area contributed by atoms with E-state index < -0.39 is 9.84 Å². The van der Waals surface area contributed by atoms with Gasteiger partial charge in [0.15, 0.2) is 15.8 Å². The molecule has 0 bridgehead atoms. The van der Waals surface area contributed by atoms with Gasteiger partial charge in [-0.15, -0.1) is 0 Å². The summed E-state index contributed by atoms with van der Waals surface area (Å²) in [6.07, 6.45) is 2.03. The van der Waals surface area contributed by atoms with Crippen LogP contribution >= 0.6 is 11.8 Å². The third-order valence-electron chi connectivity index (χ3n) is 1.97. The number of sulfone groups is 1. The van der Waals surface area contributed by atoms with E-state index in [0.29, 0.717) is 12.5 Å². The van der Waals surface area contributed by atoms with Crippen LogP contribution in [0.5, 0.6) is 0 Å². The summed E-state index contributed by atoms with van der Waals surface area (Å²) in [5, 5.41) is 6.07. The molecule has 5 nitrogen and oxygen atoms in total. The summed E-state index contributed by atoms with van der Waals surface area (Å²) >= 11 is 1.74. The maximum atomic E-state index is 11.2. The van der Waals surface area contributed by atoms with Crippen LogP contribution in [0.3, 0.4) is 0 Å². The highest BCUT2D eigenvalue weighted by molar-refractivity contribution is 7.98. The molecule has 0 rings (SSSR count). The topological polar surface area (TPSA) is 70.6 Å². The zero-order chi connectivity index (χ0) is 12.4. The molecule has 96 valence electrons. The molecule has 0 aliphatic rings. The van der Waals surface area contributed by atoms with Crippen molar-refractivity contribution in [3.05, 3.63) is 0 Å². The fraction of sp³-hybridized carbons (Fsp3) is 0.889. The summed E-state index contributed by atoms with van der Waals surface area (Å²) in [5.41, 5.74) is 0. The molecule has 2 N–H and O–H groups in total. The van der Waals surface area contributed by atoms with Gasteiger partial charge in [-0.05, 0) is 6.26 Å². The Balaban J connectivity index is 3.81. The van der Waals surface area contributed by atoms with Crippen molar-refractivity contribution >= 4 is 27.6 Å². The van der Waals surface area contributed by atoms with Crippen LogP contribution in [-0.4, -0.2) is 58.0 Å². The first-order chi connectivity index (χ1) is 7.55. The second-order valence-corrected chi connectivity index (χ2v) is 6.61. The van der Waals surface area contributed by atoms with Crippen LogP contribution < -0.4 is 10.6 Å². The predicted octanol–water partition coefficient (Wildman–Crippen LogP) is -0.0509. The van der Waals surface area contributed by atoms with Crippen molar-refractivity contribution in [2.75, 3.05) is 43.7 Å². The molecule has 0 saturated carbocycles. The number of nitrogens with zero attached hydrogens (tertiary/aromatic N) is 1. The number of guanidine groups is 1. The van der Waals surface area contributed by atoms with E-state index in [2.05, 4.69) is 15.6 Å². The van der Waals surface area contributed by atoms with E-state index >= 15 is 0 Å². The minimum atomic E-state index is -2.90. The molecule has 0 unspecified atom stereocenters. The van der Waals surface area contributed by atoms with E-state index in [4.69, 9.17) is 0 Å². The van der Waals surface area contributed by atoms with Gasteiger partial charge in [-0.1, -0.05) is 6.92 Å². The van der Waals surface area contributed by atoms with Crippen LogP contribution in [0.4, 0.5) is 0 Å². The number of thioether (sulfide) groups is 1. The summed E-state index contributed by atoms with van der Waals surface area (Å²) in [7, 11) is -1.23. The molecule has 0 radical (unpaired) electrons. The van der Waals surface area contributed by atoms with Crippen LogP contribution in [-0.2, 0) is 9.84 Å². The lowest BCUT2D eigenvalue weighted by molar-refractivity contribution is 0.596. The van der Waals surface area contributed by atoms with E-state index in [9.17, 15) is 8.42 Å². The first-order valence-corrected chi connectivity index (χ1v) is 8.41. The van der Waals surface area contributed by atoms with Crippen molar-refractivity contribution in [3.63, 3.8) is 0 Å². The lowest BCUT2D eigenvalue weighted by Gasteiger charge is -2.10. The number of aliphatic imine (C=N–C) groups is 1. The lowest BCUT2D eigenvalue weighted by Crippen LogP contribution is -2.40. The smallest absolute Gasteiger partial charge is 0.191 e. The molecule has 0 atom stereocenters. The molecule has 7 heteroatoms. The van der Waals surface area contributed by atoms with Crippen LogP contribution in [0, 0.1) is 0 Å². The normalized spacial score (nSPS) is 12.6. The van der Waals surface area contributed by atoms with Gasteiger partial charge in [0, 0.05) is 31.6 Å². The van der Waals surface area contributed by atoms with Gasteiger partial charge in [0.05, 0.1) is 5.75 Å². The van der Waals surface area contributed by atoms with Gasteiger partial charge in [-0.2, -0.15) is 11.8 Å². The Bertz CT molecular complexity index is 302. The zero-order valence-electron chi connectivity index (χ0n) is 10.1.